The van der Waals surface area contributed by atoms with Crippen molar-refractivity contribution in [3.05, 3.63) is 28.7 Å². The first-order chi connectivity index (χ1) is 9.19. The molecule has 20 heavy (non-hydrogen) atoms. The van der Waals surface area contributed by atoms with Gasteiger partial charge in [0.25, 0.3) is 5.56 Å². The van der Waals surface area contributed by atoms with Gasteiger partial charge in [0.2, 0.25) is 5.91 Å². The fraction of sp³-hybridized carbons (Fsp3) is 0.571. The highest BCUT2D eigenvalue weighted by Crippen LogP contribution is 2.13. The molecule has 1 rings (SSSR count). The molecule has 0 saturated heterocycles. The van der Waals surface area contributed by atoms with Crippen molar-refractivity contribution < 1.29 is 4.79 Å². The fourth-order valence-corrected chi connectivity index (χ4v) is 2.13. The van der Waals surface area contributed by atoms with Gasteiger partial charge in [-0.3, -0.25) is 9.59 Å². The molecule has 1 aromatic rings. The molecule has 112 valence electrons. The molecule has 1 heterocycles. The minimum absolute atomic E-state index is 0.0120. The van der Waals surface area contributed by atoms with Crippen LogP contribution in [0.25, 0.3) is 0 Å². The Balaban J connectivity index is 2.56. The van der Waals surface area contributed by atoms with E-state index in [1.54, 1.807) is 0 Å². The summed E-state index contributed by atoms with van der Waals surface area (Å²) < 4.78 is 1.31. The van der Waals surface area contributed by atoms with Crippen molar-refractivity contribution >= 4 is 11.6 Å². The number of hydrogen-bond acceptors (Lipinski definition) is 4. The van der Waals surface area contributed by atoms with Crippen LogP contribution in [0.2, 0.25) is 0 Å². The standard InChI is InChI=1S/C14H24N4O2/c1-14(2,10-17(3)4)9-16-12(19)8-18-7-11(15)5-6-13(18)20/h5-7H,8-10,15H2,1-4H3,(H,16,19). The van der Waals surface area contributed by atoms with E-state index in [2.05, 4.69) is 24.1 Å². The maximum absolute atomic E-state index is 11.9. The third kappa shape index (κ3) is 5.44. The van der Waals surface area contributed by atoms with Crippen LogP contribution in [-0.2, 0) is 11.3 Å². The van der Waals surface area contributed by atoms with Crippen LogP contribution in [0.4, 0.5) is 5.69 Å². The molecular weight excluding hydrogens is 256 g/mol. The molecule has 0 aromatic carbocycles. The van der Waals surface area contributed by atoms with Crippen molar-refractivity contribution in [2.75, 3.05) is 32.9 Å². The number of nitrogen functional groups attached to an aromatic ring is 1. The molecule has 0 spiro atoms. The van der Waals surface area contributed by atoms with Crippen molar-refractivity contribution in [3.63, 3.8) is 0 Å². The van der Waals surface area contributed by atoms with Crippen molar-refractivity contribution in [2.24, 2.45) is 5.41 Å². The van der Waals surface area contributed by atoms with Gasteiger partial charge in [-0.2, -0.15) is 0 Å². The monoisotopic (exact) mass is 280 g/mol. The van der Waals surface area contributed by atoms with E-state index in [9.17, 15) is 9.59 Å². The van der Waals surface area contributed by atoms with Crippen LogP contribution in [0.3, 0.4) is 0 Å². The number of rotatable bonds is 6. The Morgan fingerprint density at radius 3 is 2.65 bits per heavy atom. The molecule has 0 unspecified atom stereocenters. The predicted octanol–water partition coefficient (Wildman–Crippen LogP) is 0.135. The number of pyridine rings is 1. The summed E-state index contributed by atoms with van der Waals surface area (Å²) in [5, 5.41) is 2.86. The molecule has 3 N–H and O–H groups in total. The number of amides is 1. The van der Waals surface area contributed by atoms with Gasteiger partial charge in [0, 0.05) is 31.0 Å². The lowest BCUT2D eigenvalue weighted by Gasteiger charge is -2.28. The van der Waals surface area contributed by atoms with Gasteiger partial charge in [-0.25, -0.2) is 0 Å². The van der Waals surface area contributed by atoms with Gasteiger partial charge in [-0.15, -0.1) is 0 Å². The Bertz CT molecular complexity index is 520. The number of nitrogens with two attached hydrogens (primary N) is 1. The number of aromatic nitrogens is 1. The Hall–Kier alpha value is -1.82. The lowest BCUT2D eigenvalue weighted by atomic mass is 9.93. The third-order valence-electron chi connectivity index (χ3n) is 2.83. The SMILES string of the molecule is CN(C)CC(C)(C)CNC(=O)Cn1cc(N)ccc1=O. The number of hydrogen-bond donors (Lipinski definition) is 2. The van der Waals surface area contributed by atoms with Gasteiger partial charge in [-0.1, -0.05) is 13.8 Å². The van der Waals surface area contributed by atoms with E-state index in [-0.39, 0.29) is 23.4 Å². The molecule has 0 radical (unpaired) electrons. The Morgan fingerprint density at radius 2 is 2.05 bits per heavy atom. The van der Waals surface area contributed by atoms with Gasteiger partial charge in [-0.05, 0) is 25.6 Å². The summed E-state index contributed by atoms with van der Waals surface area (Å²) in [6, 6.07) is 2.88. The highest BCUT2D eigenvalue weighted by molar-refractivity contribution is 5.75. The van der Waals surface area contributed by atoms with E-state index in [1.807, 2.05) is 14.1 Å². The van der Waals surface area contributed by atoms with E-state index in [1.165, 1.54) is 22.9 Å². The van der Waals surface area contributed by atoms with Crippen molar-refractivity contribution in [3.8, 4) is 0 Å². The molecule has 0 atom stereocenters. The minimum Gasteiger partial charge on any atom is -0.398 e. The van der Waals surface area contributed by atoms with Gasteiger partial charge in [0.15, 0.2) is 0 Å². The minimum atomic E-state index is -0.234. The van der Waals surface area contributed by atoms with Crippen LogP contribution in [0.1, 0.15) is 13.8 Å². The molecule has 6 heteroatoms. The lowest BCUT2D eigenvalue weighted by molar-refractivity contribution is -0.122. The maximum Gasteiger partial charge on any atom is 0.251 e. The number of nitrogens with one attached hydrogen (secondary N) is 1. The van der Waals surface area contributed by atoms with Crippen molar-refractivity contribution in [1.82, 2.24) is 14.8 Å². The summed E-state index contributed by atoms with van der Waals surface area (Å²) in [6.45, 7) is 5.58. The lowest BCUT2D eigenvalue weighted by Crippen LogP contribution is -2.41. The van der Waals surface area contributed by atoms with E-state index in [0.29, 0.717) is 12.2 Å². The van der Waals surface area contributed by atoms with Crippen LogP contribution in [0.5, 0.6) is 0 Å². The summed E-state index contributed by atoms with van der Waals surface area (Å²) in [5.74, 6) is -0.190. The van der Waals surface area contributed by atoms with Gasteiger partial charge in [0.1, 0.15) is 6.54 Å². The highest BCUT2D eigenvalue weighted by Gasteiger charge is 2.19. The Morgan fingerprint density at radius 1 is 1.40 bits per heavy atom. The smallest absolute Gasteiger partial charge is 0.251 e. The van der Waals surface area contributed by atoms with Crippen LogP contribution < -0.4 is 16.6 Å². The first-order valence-corrected chi connectivity index (χ1v) is 6.57. The average Bonchev–Trinajstić information content (AvgIpc) is 2.30. The molecule has 0 aliphatic heterocycles. The van der Waals surface area contributed by atoms with Gasteiger partial charge in [0.05, 0.1) is 0 Å². The highest BCUT2D eigenvalue weighted by atomic mass is 16.2. The number of anilines is 1. The molecule has 0 bridgehead atoms. The molecule has 6 nitrogen and oxygen atoms in total. The van der Waals surface area contributed by atoms with Crippen LogP contribution in [0, 0.1) is 5.41 Å². The van der Waals surface area contributed by atoms with E-state index < -0.39 is 0 Å². The summed E-state index contributed by atoms with van der Waals surface area (Å²) >= 11 is 0. The van der Waals surface area contributed by atoms with Crippen LogP contribution in [0.15, 0.2) is 23.1 Å². The van der Waals surface area contributed by atoms with Crippen LogP contribution >= 0.6 is 0 Å². The zero-order valence-electron chi connectivity index (χ0n) is 12.6. The van der Waals surface area contributed by atoms with Crippen molar-refractivity contribution in [1.29, 1.82) is 0 Å². The topological polar surface area (TPSA) is 80.4 Å². The van der Waals surface area contributed by atoms with Gasteiger partial charge >= 0.3 is 0 Å². The number of nitrogens with zero attached hydrogens (tertiary/aromatic N) is 2. The second kappa shape index (κ2) is 6.56. The first-order valence-electron chi connectivity index (χ1n) is 6.57. The second-order valence-electron chi connectivity index (χ2n) is 6.11. The summed E-state index contributed by atoms with van der Waals surface area (Å²) in [6.07, 6.45) is 1.48. The zero-order chi connectivity index (χ0) is 15.3. The summed E-state index contributed by atoms with van der Waals surface area (Å²) in [7, 11) is 3.99. The Labute approximate surface area is 119 Å². The molecule has 0 aliphatic carbocycles. The number of carbonyl (C=O) groups is 1. The normalized spacial score (nSPS) is 11.7. The van der Waals surface area contributed by atoms with E-state index >= 15 is 0 Å². The number of carbonyl (C=O) groups excluding carboxylic acids is 1. The Kier molecular flexibility index (Phi) is 5.33. The average molecular weight is 280 g/mol. The first kappa shape index (κ1) is 16.2. The molecule has 0 saturated carbocycles. The second-order valence-corrected chi connectivity index (χ2v) is 6.11. The fourth-order valence-electron chi connectivity index (χ4n) is 2.13. The zero-order valence-corrected chi connectivity index (χ0v) is 12.6. The largest absolute Gasteiger partial charge is 0.398 e. The quantitative estimate of drug-likeness (QED) is 0.776. The van der Waals surface area contributed by atoms with E-state index in [4.69, 9.17) is 5.73 Å². The van der Waals surface area contributed by atoms with Crippen LogP contribution in [-0.4, -0.2) is 42.6 Å². The molecule has 1 aromatic heterocycles. The van der Waals surface area contributed by atoms with Gasteiger partial charge < -0.3 is 20.5 Å². The molecule has 0 fully saturated rings. The van der Waals surface area contributed by atoms with E-state index in [0.717, 1.165) is 6.54 Å². The molecule has 0 aliphatic rings. The predicted molar refractivity (Wildman–Crippen MR) is 80.5 cm³/mol. The summed E-state index contributed by atoms with van der Waals surface area (Å²) in [5.41, 5.74) is 5.81. The van der Waals surface area contributed by atoms with Crippen molar-refractivity contribution in [2.45, 2.75) is 20.4 Å². The maximum atomic E-state index is 11.9. The molecule has 1 amide bonds. The third-order valence-corrected chi connectivity index (χ3v) is 2.83. The molecular formula is C14H24N4O2. The summed E-state index contributed by atoms with van der Waals surface area (Å²) in [4.78, 5) is 25.5.